The zero-order valence-electron chi connectivity index (χ0n) is 17.9. The molecule has 1 aliphatic heterocycles. The van der Waals surface area contributed by atoms with Crippen molar-refractivity contribution >= 4 is 17.4 Å². The molecule has 1 saturated heterocycles. The van der Waals surface area contributed by atoms with Crippen LogP contribution in [-0.2, 0) is 16.1 Å². The average Bonchev–Trinajstić information content (AvgIpc) is 3.31. The average molecular weight is 435 g/mol. The molecule has 1 fully saturated rings. The second kappa shape index (κ2) is 8.34. The molecular formula is C25H22FNO5. The fourth-order valence-corrected chi connectivity index (χ4v) is 3.85. The molecule has 0 spiro atoms. The molecule has 6 nitrogen and oxygen atoms in total. The van der Waals surface area contributed by atoms with Crippen LogP contribution in [0, 0.1) is 19.7 Å². The number of rotatable bonds is 5. The van der Waals surface area contributed by atoms with E-state index >= 15 is 0 Å². The molecule has 4 rings (SSSR count). The van der Waals surface area contributed by atoms with Crippen LogP contribution in [0.15, 0.2) is 64.6 Å². The summed E-state index contributed by atoms with van der Waals surface area (Å²) in [5, 5.41) is 11.0. The molecule has 0 bridgehead atoms. The molecule has 3 aromatic rings. The van der Waals surface area contributed by atoms with Crippen molar-refractivity contribution < 1.29 is 28.2 Å². The number of hydrogen-bond acceptors (Lipinski definition) is 5. The zero-order chi connectivity index (χ0) is 23.0. The van der Waals surface area contributed by atoms with Crippen LogP contribution in [0.25, 0.3) is 5.76 Å². The largest absolute Gasteiger partial charge is 0.507 e. The number of nitrogens with zero attached hydrogens (tertiary/aromatic N) is 1. The third-order valence-electron chi connectivity index (χ3n) is 5.49. The van der Waals surface area contributed by atoms with E-state index in [0.717, 1.165) is 5.56 Å². The van der Waals surface area contributed by atoms with Gasteiger partial charge in [0.05, 0.1) is 12.7 Å². The Hall–Kier alpha value is -3.87. The quantitative estimate of drug-likeness (QED) is 0.358. The highest BCUT2D eigenvalue weighted by Crippen LogP contribution is 2.41. The molecule has 1 atom stereocenters. The van der Waals surface area contributed by atoms with Gasteiger partial charge in [-0.2, -0.15) is 0 Å². The molecule has 164 valence electrons. The van der Waals surface area contributed by atoms with Gasteiger partial charge in [0.1, 0.15) is 34.9 Å². The van der Waals surface area contributed by atoms with Crippen LogP contribution < -0.4 is 4.74 Å². The first-order chi connectivity index (χ1) is 15.3. The summed E-state index contributed by atoms with van der Waals surface area (Å²) in [6.07, 6.45) is 0. The molecule has 7 heteroatoms. The van der Waals surface area contributed by atoms with E-state index in [0.29, 0.717) is 22.8 Å². The second-order valence-corrected chi connectivity index (χ2v) is 7.69. The lowest BCUT2D eigenvalue weighted by Gasteiger charge is -2.23. The Morgan fingerprint density at radius 3 is 2.56 bits per heavy atom. The van der Waals surface area contributed by atoms with Crippen molar-refractivity contribution in [1.29, 1.82) is 0 Å². The summed E-state index contributed by atoms with van der Waals surface area (Å²) >= 11 is 0. The number of ether oxygens (including phenoxy) is 1. The normalized spacial score (nSPS) is 17.8. The summed E-state index contributed by atoms with van der Waals surface area (Å²) in [7, 11) is 1.54. The van der Waals surface area contributed by atoms with Gasteiger partial charge >= 0.3 is 0 Å². The Balaban J connectivity index is 1.84. The van der Waals surface area contributed by atoms with Gasteiger partial charge in [-0.25, -0.2) is 4.39 Å². The van der Waals surface area contributed by atoms with Crippen molar-refractivity contribution in [3.63, 3.8) is 0 Å². The van der Waals surface area contributed by atoms with Crippen LogP contribution in [-0.4, -0.2) is 28.8 Å². The summed E-state index contributed by atoms with van der Waals surface area (Å²) in [6.45, 7) is 3.41. The van der Waals surface area contributed by atoms with E-state index in [9.17, 15) is 19.1 Å². The minimum atomic E-state index is -0.930. The Kier molecular flexibility index (Phi) is 5.57. The van der Waals surface area contributed by atoms with E-state index in [-0.39, 0.29) is 23.4 Å². The molecule has 2 heterocycles. The Morgan fingerprint density at radius 2 is 1.91 bits per heavy atom. The van der Waals surface area contributed by atoms with Crippen molar-refractivity contribution in [3.05, 3.63) is 94.2 Å². The highest BCUT2D eigenvalue weighted by Gasteiger charge is 2.47. The van der Waals surface area contributed by atoms with Gasteiger partial charge in [0, 0.05) is 12.1 Å². The first-order valence-electron chi connectivity index (χ1n) is 10.0. The number of carbonyl (C=O) groups is 2. The topological polar surface area (TPSA) is 80.0 Å². The van der Waals surface area contributed by atoms with Crippen LogP contribution in [0.5, 0.6) is 5.75 Å². The third-order valence-corrected chi connectivity index (χ3v) is 5.49. The van der Waals surface area contributed by atoms with E-state index in [1.165, 1.54) is 23.1 Å². The molecule has 1 N–H and O–H groups in total. The van der Waals surface area contributed by atoms with Gasteiger partial charge in [0.15, 0.2) is 0 Å². The number of aliphatic hydroxyl groups is 1. The predicted molar refractivity (Wildman–Crippen MR) is 115 cm³/mol. The molecule has 32 heavy (non-hydrogen) atoms. The summed E-state index contributed by atoms with van der Waals surface area (Å²) < 4.78 is 24.7. The Bertz CT molecular complexity index is 1240. The molecule has 0 radical (unpaired) electrons. The van der Waals surface area contributed by atoms with Crippen molar-refractivity contribution in [3.8, 4) is 5.75 Å². The second-order valence-electron chi connectivity index (χ2n) is 7.69. The molecule has 2 aromatic carbocycles. The number of Topliss-reactive ketones (excluding diaryl/α,β-unsaturated/α-hetero) is 1. The van der Waals surface area contributed by atoms with E-state index in [1.54, 1.807) is 51.3 Å². The number of halogens is 1. The summed E-state index contributed by atoms with van der Waals surface area (Å²) in [5.41, 5.74) is 1.21. The SMILES string of the molecule is COc1cccc(CN2C(=O)C(=O)/C(=C(\O)c3ccc(F)c(C)c3)C2c2ccc(C)o2)c1. The standard InChI is InChI=1S/C25H22FNO5/c1-14-11-17(8-9-19(14)26)23(28)21-22(20-10-7-15(2)32-20)27(25(30)24(21)29)13-16-5-4-6-18(12-16)31-3/h4-12,22,28H,13H2,1-3H3/b23-21-. The van der Waals surface area contributed by atoms with Gasteiger partial charge in [-0.3, -0.25) is 9.59 Å². The van der Waals surface area contributed by atoms with E-state index in [1.807, 2.05) is 6.07 Å². The number of amides is 1. The minimum absolute atomic E-state index is 0.0988. The number of hydrogen-bond donors (Lipinski definition) is 1. The van der Waals surface area contributed by atoms with Gasteiger partial charge in [-0.05, 0) is 67.4 Å². The summed E-state index contributed by atoms with van der Waals surface area (Å²) in [5.74, 6) is -0.823. The lowest BCUT2D eigenvalue weighted by Crippen LogP contribution is -2.29. The molecule has 1 amide bonds. The first-order valence-corrected chi connectivity index (χ1v) is 10.0. The number of carbonyl (C=O) groups excluding carboxylic acids is 2. The lowest BCUT2D eigenvalue weighted by molar-refractivity contribution is -0.140. The zero-order valence-corrected chi connectivity index (χ0v) is 17.9. The van der Waals surface area contributed by atoms with Crippen LogP contribution >= 0.6 is 0 Å². The van der Waals surface area contributed by atoms with Gasteiger partial charge in [-0.1, -0.05) is 12.1 Å². The maximum Gasteiger partial charge on any atom is 0.296 e. The Morgan fingerprint density at radius 1 is 1.12 bits per heavy atom. The number of benzene rings is 2. The molecule has 1 aromatic heterocycles. The predicted octanol–water partition coefficient (Wildman–Crippen LogP) is 4.67. The smallest absolute Gasteiger partial charge is 0.296 e. The molecule has 0 aliphatic carbocycles. The van der Waals surface area contributed by atoms with Gasteiger partial charge in [-0.15, -0.1) is 0 Å². The number of aliphatic hydroxyl groups excluding tert-OH is 1. The summed E-state index contributed by atoms with van der Waals surface area (Å²) in [4.78, 5) is 27.4. The first kappa shape index (κ1) is 21.4. The van der Waals surface area contributed by atoms with Crippen LogP contribution in [0.4, 0.5) is 4.39 Å². The highest BCUT2D eigenvalue weighted by molar-refractivity contribution is 6.46. The number of furan rings is 1. The maximum atomic E-state index is 13.7. The number of ketones is 1. The van der Waals surface area contributed by atoms with Gasteiger partial charge in [0.25, 0.3) is 11.7 Å². The Labute approximate surface area is 184 Å². The lowest BCUT2D eigenvalue weighted by atomic mass is 9.98. The number of methoxy groups -OCH3 is 1. The fraction of sp³-hybridized carbons (Fsp3) is 0.200. The summed E-state index contributed by atoms with van der Waals surface area (Å²) in [6, 6.07) is 13.6. The van der Waals surface area contributed by atoms with Crippen molar-refractivity contribution in [2.45, 2.75) is 26.4 Å². The third kappa shape index (κ3) is 3.77. The van der Waals surface area contributed by atoms with E-state index in [4.69, 9.17) is 9.15 Å². The van der Waals surface area contributed by atoms with E-state index in [2.05, 4.69) is 0 Å². The van der Waals surface area contributed by atoms with Gasteiger partial charge < -0.3 is 19.2 Å². The fourth-order valence-electron chi connectivity index (χ4n) is 3.85. The van der Waals surface area contributed by atoms with E-state index < -0.39 is 23.5 Å². The molecule has 0 saturated carbocycles. The highest BCUT2D eigenvalue weighted by atomic mass is 19.1. The minimum Gasteiger partial charge on any atom is -0.507 e. The van der Waals surface area contributed by atoms with Crippen LogP contribution in [0.1, 0.15) is 34.3 Å². The number of aryl methyl sites for hydroxylation is 2. The molecule has 1 aliphatic rings. The van der Waals surface area contributed by atoms with Crippen molar-refractivity contribution in [2.75, 3.05) is 7.11 Å². The monoisotopic (exact) mass is 435 g/mol. The maximum absolute atomic E-state index is 13.7. The van der Waals surface area contributed by atoms with Crippen molar-refractivity contribution in [2.24, 2.45) is 0 Å². The van der Waals surface area contributed by atoms with Crippen LogP contribution in [0.2, 0.25) is 0 Å². The molecular weight excluding hydrogens is 413 g/mol. The number of likely N-dealkylation sites (tertiary alicyclic amines) is 1. The van der Waals surface area contributed by atoms with Gasteiger partial charge in [0.2, 0.25) is 0 Å². The van der Waals surface area contributed by atoms with Crippen molar-refractivity contribution in [1.82, 2.24) is 4.90 Å². The van der Waals surface area contributed by atoms with Crippen LogP contribution in [0.3, 0.4) is 0 Å². The molecule has 1 unspecified atom stereocenters.